The minimum absolute atomic E-state index is 0.00112. The summed E-state index contributed by atoms with van der Waals surface area (Å²) in [7, 11) is -3.24. The Labute approximate surface area is 205 Å². The summed E-state index contributed by atoms with van der Waals surface area (Å²) in [4.78, 5) is 25.3. The molecule has 35 heavy (non-hydrogen) atoms. The van der Waals surface area contributed by atoms with Gasteiger partial charge in [0.2, 0.25) is 15.9 Å². The maximum Gasteiger partial charge on any atom is 0.282 e. The summed E-state index contributed by atoms with van der Waals surface area (Å²) in [6.45, 7) is 1.75. The third kappa shape index (κ3) is 5.96. The van der Waals surface area contributed by atoms with Crippen LogP contribution in [0.2, 0.25) is 0 Å². The Hall–Kier alpha value is -3.49. The molecule has 0 spiro atoms. The third-order valence-electron chi connectivity index (χ3n) is 5.29. The number of nitro groups is 1. The molecule has 0 saturated carbocycles. The SMILES string of the molecule is CS(=O)(=O)N1CCN(c2ccccc2NC(=O)CSc2nnc(-c3ccccc3[N+](=O)[O-])o2)CC1. The van der Waals surface area contributed by atoms with Gasteiger partial charge in [0.1, 0.15) is 5.56 Å². The molecule has 1 amide bonds. The van der Waals surface area contributed by atoms with Gasteiger partial charge in [-0.3, -0.25) is 14.9 Å². The van der Waals surface area contributed by atoms with Crippen molar-refractivity contribution in [2.75, 3.05) is 48.4 Å². The minimum atomic E-state index is -3.24. The molecule has 0 atom stereocenters. The predicted octanol–water partition coefficient (Wildman–Crippen LogP) is 2.46. The molecule has 1 N–H and O–H groups in total. The average Bonchev–Trinajstić information content (AvgIpc) is 3.32. The van der Waals surface area contributed by atoms with Crippen LogP contribution in [0.4, 0.5) is 17.1 Å². The molecule has 2 aromatic carbocycles. The number of carbonyl (C=O) groups excluding carboxylic acids is 1. The first-order chi connectivity index (χ1) is 16.7. The molecule has 0 aliphatic carbocycles. The molecule has 4 rings (SSSR count). The predicted molar refractivity (Wildman–Crippen MR) is 131 cm³/mol. The van der Waals surface area contributed by atoms with Crippen LogP contribution in [0, 0.1) is 10.1 Å². The van der Waals surface area contributed by atoms with Gasteiger partial charge in [-0.15, -0.1) is 10.2 Å². The lowest BCUT2D eigenvalue weighted by molar-refractivity contribution is -0.384. The van der Waals surface area contributed by atoms with Crippen molar-refractivity contribution in [1.82, 2.24) is 14.5 Å². The van der Waals surface area contributed by atoms with Gasteiger partial charge in [0.25, 0.3) is 16.8 Å². The zero-order chi connectivity index (χ0) is 25.0. The molecular weight excluding hydrogens is 496 g/mol. The number of nitrogens with zero attached hydrogens (tertiary/aromatic N) is 5. The Bertz CT molecular complexity index is 1340. The lowest BCUT2D eigenvalue weighted by Crippen LogP contribution is -2.48. The van der Waals surface area contributed by atoms with Gasteiger partial charge >= 0.3 is 0 Å². The number of hydrogen-bond acceptors (Lipinski definition) is 10. The van der Waals surface area contributed by atoms with Crippen LogP contribution in [0.15, 0.2) is 58.2 Å². The smallest absolute Gasteiger partial charge is 0.282 e. The number of piperazine rings is 1. The number of anilines is 2. The summed E-state index contributed by atoms with van der Waals surface area (Å²) in [5, 5.41) is 21.9. The van der Waals surface area contributed by atoms with Crippen molar-refractivity contribution in [3.05, 3.63) is 58.6 Å². The van der Waals surface area contributed by atoms with Gasteiger partial charge in [-0.25, -0.2) is 8.42 Å². The second-order valence-corrected chi connectivity index (χ2v) is 10.6. The van der Waals surface area contributed by atoms with Gasteiger partial charge in [-0.2, -0.15) is 4.31 Å². The summed E-state index contributed by atoms with van der Waals surface area (Å²) in [5.41, 5.74) is 1.46. The zero-order valence-corrected chi connectivity index (χ0v) is 20.3. The first-order valence-corrected chi connectivity index (χ1v) is 13.3. The molecule has 12 nitrogen and oxygen atoms in total. The highest BCUT2D eigenvalue weighted by atomic mass is 32.2. The van der Waals surface area contributed by atoms with E-state index < -0.39 is 14.9 Å². The van der Waals surface area contributed by atoms with Gasteiger partial charge in [0, 0.05) is 32.2 Å². The standard InChI is InChI=1S/C21H22N6O6S2/c1-35(31,32)26-12-10-25(11-13-26)18-9-5-3-7-16(18)22-19(28)14-34-21-24-23-20(33-21)15-6-2-4-8-17(15)27(29)30/h2-9H,10-14H2,1H3,(H,22,28). The molecule has 1 aromatic heterocycles. The van der Waals surface area contributed by atoms with Crippen molar-refractivity contribution in [2.24, 2.45) is 0 Å². The van der Waals surface area contributed by atoms with Crippen LogP contribution in [-0.4, -0.2) is 71.9 Å². The fraction of sp³-hybridized carbons (Fsp3) is 0.286. The largest absolute Gasteiger partial charge is 0.411 e. The molecule has 14 heteroatoms. The Morgan fingerprint density at radius 3 is 2.51 bits per heavy atom. The zero-order valence-electron chi connectivity index (χ0n) is 18.7. The van der Waals surface area contributed by atoms with E-state index in [1.54, 1.807) is 24.3 Å². The van der Waals surface area contributed by atoms with Crippen molar-refractivity contribution in [2.45, 2.75) is 5.22 Å². The molecule has 3 aromatic rings. The number of carbonyl (C=O) groups is 1. The van der Waals surface area contributed by atoms with Gasteiger partial charge in [0.05, 0.1) is 28.3 Å². The summed E-state index contributed by atoms with van der Waals surface area (Å²) < 4.78 is 30.5. The number of benzene rings is 2. The van der Waals surface area contributed by atoms with E-state index in [9.17, 15) is 23.3 Å². The van der Waals surface area contributed by atoms with Crippen LogP contribution < -0.4 is 10.2 Å². The molecular formula is C21H22N6O6S2. The van der Waals surface area contributed by atoms with Gasteiger partial charge < -0.3 is 14.6 Å². The number of rotatable bonds is 8. The van der Waals surface area contributed by atoms with Crippen LogP contribution in [-0.2, 0) is 14.8 Å². The number of thioether (sulfide) groups is 1. The molecule has 2 heterocycles. The fourth-order valence-electron chi connectivity index (χ4n) is 3.62. The first kappa shape index (κ1) is 24.6. The average molecular weight is 519 g/mol. The maximum absolute atomic E-state index is 12.6. The van der Waals surface area contributed by atoms with Crippen LogP contribution in [0.1, 0.15) is 0 Å². The topological polar surface area (TPSA) is 152 Å². The molecule has 184 valence electrons. The van der Waals surface area contributed by atoms with Crippen LogP contribution >= 0.6 is 11.8 Å². The highest BCUT2D eigenvalue weighted by molar-refractivity contribution is 7.99. The van der Waals surface area contributed by atoms with Crippen molar-refractivity contribution >= 4 is 44.8 Å². The van der Waals surface area contributed by atoms with E-state index in [1.807, 2.05) is 17.0 Å². The summed E-state index contributed by atoms with van der Waals surface area (Å²) in [5.74, 6) is -0.323. The quantitative estimate of drug-likeness (QED) is 0.267. The first-order valence-electron chi connectivity index (χ1n) is 10.5. The van der Waals surface area contributed by atoms with Gasteiger partial charge in [-0.1, -0.05) is 36.0 Å². The van der Waals surface area contributed by atoms with Crippen molar-refractivity contribution in [1.29, 1.82) is 0 Å². The Kier molecular flexibility index (Phi) is 7.33. The number of hydrogen-bond donors (Lipinski definition) is 1. The van der Waals surface area contributed by atoms with Crippen molar-refractivity contribution in [3.8, 4) is 11.5 Å². The molecule has 0 radical (unpaired) electrons. The van der Waals surface area contributed by atoms with Crippen molar-refractivity contribution < 1.29 is 22.6 Å². The number of aromatic nitrogens is 2. The number of nitro benzene ring substituents is 1. The lowest BCUT2D eigenvalue weighted by Gasteiger charge is -2.35. The molecule has 1 aliphatic rings. The Morgan fingerprint density at radius 1 is 1.11 bits per heavy atom. The highest BCUT2D eigenvalue weighted by Gasteiger charge is 2.25. The fourth-order valence-corrected chi connectivity index (χ4v) is 5.01. The molecule has 0 unspecified atom stereocenters. The summed E-state index contributed by atoms with van der Waals surface area (Å²) in [6.07, 6.45) is 1.20. The van der Waals surface area contributed by atoms with Crippen LogP contribution in [0.25, 0.3) is 11.5 Å². The Balaban J connectivity index is 1.37. The number of sulfonamides is 1. The second kappa shape index (κ2) is 10.4. The molecule has 1 saturated heterocycles. The van der Waals surface area contributed by atoms with Crippen molar-refractivity contribution in [3.63, 3.8) is 0 Å². The van der Waals surface area contributed by atoms with Crippen LogP contribution in [0.5, 0.6) is 0 Å². The number of para-hydroxylation sites is 3. The van der Waals surface area contributed by atoms with Gasteiger partial charge in [0.15, 0.2) is 0 Å². The Morgan fingerprint density at radius 2 is 1.80 bits per heavy atom. The van der Waals surface area contributed by atoms with E-state index in [0.717, 1.165) is 17.4 Å². The second-order valence-electron chi connectivity index (χ2n) is 7.65. The molecule has 0 bridgehead atoms. The number of nitrogens with one attached hydrogen (secondary N) is 1. The monoisotopic (exact) mass is 518 g/mol. The van der Waals surface area contributed by atoms with E-state index in [-0.39, 0.29) is 34.0 Å². The van der Waals surface area contributed by atoms with E-state index in [2.05, 4.69) is 15.5 Å². The maximum atomic E-state index is 12.6. The normalized spacial score (nSPS) is 14.6. The van der Waals surface area contributed by atoms with E-state index in [0.29, 0.717) is 31.9 Å². The highest BCUT2D eigenvalue weighted by Crippen LogP contribution is 2.31. The lowest BCUT2D eigenvalue weighted by atomic mass is 10.2. The summed E-state index contributed by atoms with van der Waals surface area (Å²) >= 11 is 1.01. The molecule has 1 fully saturated rings. The minimum Gasteiger partial charge on any atom is -0.411 e. The molecule has 1 aliphatic heterocycles. The van der Waals surface area contributed by atoms with E-state index >= 15 is 0 Å². The van der Waals surface area contributed by atoms with E-state index in [1.165, 1.54) is 22.7 Å². The van der Waals surface area contributed by atoms with Crippen LogP contribution in [0.3, 0.4) is 0 Å². The number of amides is 1. The van der Waals surface area contributed by atoms with E-state index in [4.69, 9.17) is 4.42 Å². The third-order valence-corrected chi connectivity index (χ3v) is 7.41. The van der Waals surface area contributed by atoms with Gasteiger partial charge in [-0.05, 0) is 18.2 Å². The summed E-state index contributed by atoms with van der Waals surface area (Å²) in [6, 6.07) is 13.3.